The molecule has 7 heteroatoms. The number of nitrogens with zero attached hydrogens (tertiary/aromatic N) is 1. The Morgan fingerprint density at radius 1 is 0.647 bits per heavy atom. The van der Waals surface area contributed by atoms with Crippen molar-refractivity contribution in [3.63, 3.8) is 0 Å². The molecule has 2 aliphatic rings. The van der Waals surface area contributed by atoms with Crippen molar-refractivity contribution in [2.24, 2.45) is 0 Å². The Morgan fingerprint density at radius 3 is 1.69 bits per heavy atom. The molecular weight excluding hydrogens is 633 g/mol. The van der Waals surface area contributed by atoms with Crippen LogP contribution in [0.3, 0.4) is 0 Å². The first-order valence-electron chi connectivity index (χ1n) is 19.5. The van der Waals surface area contributed by atoms with Crippen molar-refractivity contribution in [3.05, 3.63) is 105 Å². The third-order valence-electron chi connectivity index (χ3n) is 10.7. The largest absolute Gasteiger partial charge is 0.381 e. The first kappa shape index (κ1) is 39.1. The summed E-state index contributed by atoms with van der Waals surface area (Å²) in [5.74, 6) is 1.33. The standard InChI is InChI=1S/C44H64N4O3/c1-31(2)40-23-35(20-37(25-40)28-46-42-10-14-50-15-11-42)19-33(4)41-24-36(21-38(26-41)29-47-43-12-16-51-17-13-43)18-32(3)39-9-7-8-34(22-39)27-45-30-44(49)48(5)6/h7-9,20-26,31-33,42-43,45-47H,10-19,27-30H2,1-6H3. The Labute approximate surface area is 308 Å². The summed E-state index contributed by atoms with van der Waals surface area (Å²) in [7, 11) is 3.59. The average Bonchev–Trinajstić information content (AvgIpc) is 3.13. The second-order valence-corrected chi connectivity index (χ2v) is 15.7. The minimum Gasteiger partial charge on any atom is -0.381 e. The predicted molar refractivity (Wildman–Crippen MR) is 209 cm³/mol. The minimum absolute atomic E-state index is 0.0893. The summed E-state index contributed by atoms with van der Waals surface area (Å²) in [6, 6.07) is 24.5. The maximum Gasteiger partial charge on any atom is 0.236 e. The second kappa shape index (κ2) is 19.7. The molecule has 0 aromatic heterocycles. The van der Waals surface area contributed by atoms with E-state index in [1.54, 1.807) is 19.0 Å². The Balaban J connectivity index is 1.31. The van der Waals surface area contributed by atoms with Crippen LogP contribution in [0.4, 0.5) is 0 Å². The van der Waals surface area contributed by atoms with Crippen LogP contribution < -0.4 is 16.0 Å². The number of amides is 1. The van der Waals surface area contributed by atoms with Crippen molar-refractivity contribution < 1.29 is 14.3 Å². The van der Waals surface area contributed by atoms with Gasteiger partial charge >= 0.3 is 0 Å². The van der Waals surface area contributed by atoms with E-state index in [-0.39, 0.29) is 5.91 Å². The third kappa shape index (κ3) is 12.5. The van der Waals surface area contributed by atoms with Gasteiger partial charge in [-0.15, -0.1) is 0 Å². The summed E-state index contributed by atoms with van der Waals surface area (Å²) in [6.45, 7) is 15.6. The van der Waals surface area contributed by atoms with Gasteiger partial charge in [-0.1, -0.05) is 88.4 Å². The predicted octanol–water partition coefficient (Wildman–Crippen LogP) is 7.22. The quantitative estimate of drug-likeness (QED) is 0.139. The molecule has 2 aliphatic heterocycles. The molecule has 7 nitrogen and oxygen atoms in total. The Kier molecular flexibility index (Phi) is 15.1. The molecule has 2 fully saturated rings. The molecule has 0 aliphatic carbocycles. The van der Waals surface area contributed by atoms with E-state index >= 15 is 0 Å². The van der Waals surface area contributed by atoms with Gasteiger partial charge < -0.3 is 30.3 Å². The van der Waals surface area contributed by atoms with Gasteiger partial charge in [0.05, 0.1) is 6.54 Å². The molecule has 3 aromatic carbocycles. The van der Waals surface area contributed by atoms with E-state index in [0.29, 0.717) is 42.9 Å². The molecule has 0 radical (unpaired) electrons. The van der Waals surface area contributed by atoms with Crippen LogP contribution in [0.2, 0.25) is 0 Å². The first-order chi connectivity index (χ1) is 24.6. The fourth-order valence-electron chi connectivity index (χ4n) is 7.39. The van der Waals surface area contributed by atoms with Crippen LogP contribution in [0.15, 0.2) is 60.7 Å². The molecule has 1 amide bonds. The van der Waals surface area contributed by atoms with Crippen molar-refractivity contribution in [3.8, 4) is 0 Å². The molecule has 0 spiro atoms. The number of benzene rings is 3. The molecule has 278 valence electrons. The lowest BCUT2D eigenvalue weighted by Gasteiger charge is -2.24. The van der Waals surface area contributed by atoms with Gasteiger partial charge in [-0.25, -0.2) is 0 Å². The van der Waals surface area contributed by atoms with Crippen LogP contribution in [-0.4, -0.2) is 70.0 Å². The van der Waals surface area contributed by atoms with Crippen molar-refractivity contribution in [1.82, 2.24) is 20.9 Å². The topological polar surface area (TPSA) is 74.9 Å². The van der Waals surface area contributed by atoms with E-state index in [1.807, 2.05) is 0 Å². The van der Waals surface area contributed by atoms with Crippen LogP contribution in [0.5, 0.6) is 0 Å². The number of rotatable bonds is 17. The van der Waals surface area contributed by atoms with Gasteiger partial charge in [0.2, 0.25) is 5.91 Å². The SMILES string of the molecule is CC(C)c1cc(CNC2CCOCC2)cc(CC(C)c2cc(CNC3CCOCC3)cc(CC(C)c3cccc(CNCC(=O)N(C)C)c3)c2)c1. The molecule has 2 atom stereocenters. The normalized spacial score (nSPS) is 17.1. The molecule has 2 saturated heterocycles. The van der Waals surface area contributed by atoms with Gasteiger partial charge in [0.25, 0.3) is 0 Å². The first-order valence-corrected chi connectivity index (χ1v) is 19.5. The highest BCUT2D eigenvalue weighted by Crippen LogP contribution is 2.29. The lowest BCUT2D eigenvalue weighted by atomic mass is 9.86. The molecular formula is C44H64N4O3. The summed E-state index contributed by atoms with van der Waals surface area (Å²) >= 11 is 0. The number of carbonyl (C=O) groups is 1. The van der Waals surface area contributed by atoms with Gasteiger partial charge in [0.1, 0.15) is 0 Å². The number of likely N-dealkylation sites (N-methyl/N-ethyl adjacent to an activating group) is 1. The molecule has 3 N–H and O–H groups in total. The van der Waals surface area contributed by atoms with Gasteiger partial charge in [-0.05, 0) is 101 Å². The molecule has 0 saturated carbocycles. The highest BCUT2D eigenvalue weighted by molar-refractivity contribution is 5.77. The van der Waals surface area contributed by atoms with Gasteiger partial charge in [-0.3, -0.25) is 4.79 Å². The second-order valence-electron chi connectivity index (χ2n) is 15.7. The Morgan fingerprint density at radius 2 is 1.14 bits per heavy atom. The number of ether oxygens (including phenoxy) is 2. The lowest BCUT2D eigenvalue weighted by Crippen LogP contribution is -2.34. The highest BCUT2D eigenvalue weighted by atomic mass is 16.5. The molecule has 51 heavy (non-hydrogen) atoms. The van der Waals surface area contributed by atoms with Crippen LogP contribution in [0.25, 0.3) is 0 Å². The smallest absolute Gasteiger partial charge is 0.236 e. The number of nitrogens with one attached hydrogen (secondary N) is 3. The zero-order valence-electron chi connectivity index (χ0n) is 32.2. The number of carbonyl (C=O) groups excluding carboxylic acids is 1. The van der Waals surface area contributed by atoms with Gasteiger partial charge in [0.15, 0.2) is 0 Å². The molecule has 5 rings (SSSR count). The van der Waals surface area contributed by atoms with Crippen molar-refractivity contribution in [2.45, 2.75) is 116 Å². The Hall–Kier alpha value is -3.07. The van der Waals surface area contributed by atoms with Crippen molar-refractivity contribution in [1.29, 1.82) is 0 Å². The lowest BCUT2D eigenvalue weighted by molar-refractivity contribution is -0.127. The highest BCUT2D eigenvalue weighted by Gasteiger charge is 2.18. The van der Waals surface area contributed by atoms with E-state index in [2.05, 4.69) is 104 Å². The van der Waals surface area contributed by atoms with E-state index in [1.165, 1.54) is 44.5 Å². The number of hydrogen-bond acceptors (Lipinski definition) is 6. The zero-order valence-corrected chi connectivity index (χ0v) is 32.2. The fraction of sp³-hybridized carbons (Fsp3) is 0.568. The minimum atomic E-state index is 0.0893. The number of hydrogen-bond donors (Lipinski definition) is 3. The van der Waals surface area contributed by atoms with Crippen molar-refractivity contribution in [2.75, 3.05) is 47.1 Å². The molecule has 2 unspecified atom stereocenters. The summed E-state index contributed by atoms with van der Waals surface area (Å²) in [5, 5.41) is 11.0. The van der Waals surface area contributed by atoms with E-state index < -0.39 is 0 Å². The van der Waals surface area contributed by atoms with Crippen molar-refractivity contribution >= 4 is 5.91 Å². The molecule has 2 heterocycles. The third-order valence-corrected chi connectivity index (χ3v) is 10.7. The van der Waals surface area contributed by atoms with Crippen LogP contribution in [0.1, 0.15) is 116 Å². The van der Waals surface area contributed by atoms with E-state index in [4.69, 9.17) is 9.47 Å². The maximum atomic E-state index is 12.0. The average molecular weight is 697 g/mol. The zero-order chi connectivity index (χ0) is 36.2. The Bertz CT molecular complexity index is 1530. The van der Waals surface area contributed by atoms with Crippen LogP contribution >= 0.6 is 0 Å². The maximum absolute atomic E-state index is 12.0. The fourth-order valence-corrected chi connectivity index (χ4v) is 7.39. The van der Waals surface area contributed by atoms with Crippen LogP contribution in [0, 0.1) is 0 Å². The van der Waals surface area contributed by atoms with Gasteiger partial charge in [0, 0.05) is 72.2 Å². The summed E-state index contributed by atoms with van der Waals surface area (Å²) in [4.78, 5) is 13.7. The van der Waals surface area contributed by atoms with E-state index in [9.17, 15) is 4.79 Å². The summed E-state index contributed by atoms with van der Waals surface area (Å²) in [5.41, 5.74) is 11.0. The van der Waals surface area contributed by atoms with E-state index in [0.717, 1.165) is 78.0 Å². The monoisotopic (exact) mass is 696 g/mol. The molecule has 3 aromatic rings. The van der Waals surface area contributed by atoms with Crippen LogP contribution in [-0.2, 0) is 46.7 Å². The molecule has 0 bridgehead atoms. The van der Waals surface area contributed by atoms with Gasteiger partial charge in [-0.2, -0.15) is 0 Å². The summed E-state index contributed by atoms with van der Waals surface area (Å²) < 4.78 is 11.2. The summed E-state index contributed by atoms with van der Waals surface area (Å²) in [6.07, 6.45) is 6.33.